The van der Waals surface area contributed by atoms with Crippen LogP contribution in [0.4, 0.5) is 4.39 Å². The monoisotopic (exact) mass is 295 g/mol. The van der Waals surface area contributed by atoms with E-state index in [1.807, 2.05) is 26.0 Å². The van der Waals surface area contributed by atoms with Crippen molar-refractivity contribution in [2.75, 3.05) is 20.3 Å². The van der Waals surface area contributed by atoms with E-state index in [4.69, 9.17) is 9.47 Å². The number of hydrogen-bond acceptors (Lipinski definition) is 3. The third kappa shape index (κ3) is 3.22. The van der Waals surface area contributed by atoms with Crippen LogP contribution in [0.25, 0.3) is 0 Å². The van der Waals surface area contributed by atoms with Gasteiger partial charge in [0.25, 0.3) is 0 Å². The molecule has 0 bridgehead atoms. The van der Waals surface area contributed by atoms with E-state index in [9.17, 15) is 4.39 Å². The molecule has 1 aromatic carbocycles. The summed E-state index contributed by atoms with van der Waals surface area (Å²) in [7, 11) is 1.50. The van der Waals surface area contributed by atoms with Gasteiger partial charge in [-0.1, -0.05) is 31.9 Å². The fraction of sp³-hybridized carbons (Fsp3) is 0.647. The van der Waals surface area contributed by atoms with Gasteiger partial charge < -0.3 is 14.8 Å². The van der Waals surface area contributed by atoms with Crippen molar-refractivity contribution in [2.45, 2.75) is 51.2 Å². The maximum Gasteiger partial charge on any atom is 0.169 e. The molecule has 1 saturated carbocycles. The zero-order valence-electron chi connectivity index (χ0n) is 13.2. The molecule has 0 amide bonds. The van der Waals surface area contributed by atoms with Crippen molar-refractivity contribution < 1.29 is 13.9 Å². The second kappa shape index (κ2) is 7.23. The molecule has 21 heavy (non-hydrogen) atoms. The van der Waals surface area contributed by atoms with E-state index in [1.54, 1.807) is 6.07 Å². The maximum atomic E-state index is 14.7. The Kier molecular flexibility index (Phi) is 5.59. The van der Waals surface area contributed by atoms with Crippen LogP contribution >= 0.6 is 0 Å². The molecule has 0 heterocycles. The average molecular weight is 295 g/mol. The van der Waals surface area contributed by atoms with Crippen molar-refractivity contribution in [3.63, 3.8) is 0 Å². The van der Waals surface area contributed by atoms with E-state index >= 15 is 0 Å². The summed E-state index contributed by atoms with van der Waals surface area (Å²) in [6.07, 6.45) is 4.20. The van der Waals surface area contributed by atoms with Crippen LogP contribution in [-0.2, 0) is 4.74 Å². The van der Waals surface area contributed by atoms with Gasteiger partial charge in [0.1, 0.15) is 0 Å². The van der Waals surface area contributed by atoms with Gasteiger partial charge in [-0.2, -0.15) is 0 Å². The predicted octanol–water partition coefficient (Wildman–Crippen LogP) is 3.83. The fourth-order valence-corrected chi connectivity index (χ4v) is 3.47. The highest BCUT2D eigenvalue weighted by Crippen LogP contribution is 2.44. The van der Waals surface area contributed by atoms with Crippen molar-refractivity contribution in [3.05, 3.63) is 29.6 Å². The smallest absolute Gasteiger partial charge is 0.169 e. The Morgan fingerprint density at radius 2 is 2.00 bits per heavy atom. The van der Waals surface area contributed by atoms with Gasteiger partial charge in [-0.3, -0.25) is 0 Å². The molecule has 1 unspecified atom stereocenters. The first-order valence-electron chi connectivity index (χ1n) is 7.88. The van der Waals surface area contributed by atoms with E-state index in [0.717, 1.165) is 32.2 Å². The summed E-state index contributed by atoms with van der Waals surface area (Å²) in [5, 5.41) is 3.44. The zero-order chi connectivity index (χ0) is 15.3. The maximum absolute atomic E-state index is 14.7. The zero-order valence-corrected chi connectivity index (χ0v) is 13.2. The largest absolute Gasteiger partial charge is 0.494 e. The molecule has 1 aliphatic carbocycles. The van der Waals surface area contributed by atoms with Gasteiger partial charge in [-0.05, 0) is 32.4 Å². The Morgan fingerprint density at radius 1 is 1.29 bits per heavy atom. The molecule has 1 aromatic rings. The van der Waals surface area contributed by atoms with Gasteiger partial charge in [0.15, 0.2) is 11.6 Å². The van der Waals surface area contributed by atoms with Crippen LogP contribution in [0.15, 0.2) is 18.2 Å². The molecular weight excluding hydrogens is 269 g/mol. The molecule has 0 radical (unpaired) electrons. The summed E-state index contributed by atoms with van der Waals surface area (Å²) in [6.45, 7) is 5.47. The lowest BCUT2D eigenvalue weighted by atomic mass is 9.86. The fourth-order valence-electron chi connectivity index (χ4n) is 3.47. The predicted molar refractivity (Wildman–Crippen MR) is 82.2 cm³/mol. The van der Waals surface area contributed by atoms with Gasteiger partial charge in [0.05, 0.1) is 18.8 Å². The summed E-state index contributed by atoms with van der Waals surface area (Å²) in [6, 6.07) is 5.20. The lowest BCUT2D eigenvalue weighted by molar-refractivity contribution is -0.0631. The number of halogens is 1. The Labute approximate surface area is 126 Å². The molecule has 1 aliphatic rings. The normalized spacial score (nSPS) is 18.7. The Morgan fingerprint density at radius 3 is 2.57 bits per heavy atom. The number of benzene rings is 1. The lowest BCUT2D eigenvalue weighted by Crippen LogP contribution is -2.44. The Balaban J connectivity index is 2.42. The summed E-state index contributed by atoms with van der Waals surface area (Å²) in [5.74, 6) is 0.0111. The second-order valence-corrected chi connectivity index (χ2v) is 5.56. The molecule has 1 atom stereocenters. The molecule has 0 aromatic heterocycles. The van der Waals surface area contributed by atoms with E-state index in [2.05, 4.69) is 5.32 Å². The SMILES string of the molecule is CCNC(c1cccc(OC)c1F)C1(OCC)CCCC1. The van der Waals surface area contributed by atoms with Gasteiger partial charge in [0, 0.05) is 12.2 Å². The molecule has 0 saturated heterocycles. The van der Waals surface area contributed by atoms with Crippen LogP contribution < -0.4 is 10.1 Å². The molecule has 0 spiro atoms. The van der Waals surface area contributed by atoms with Crippen LogP contribution in [0, 0.1) is 5.82 Å². The van der Waals surface area contributed by atoms with E-state index in [1.165, 1.54) is 7.11 Å². The van der Waals surface area contributed by atoms with Gasteiger partial charge in [-0.25, -0.2) is 4.39 Å². The summed E-state index contributed by atoms with van der Waals surface area (Å²) in [5.41, 5.74) is 0.337. The first-order chi connectivity index (χ1) is 10.2. The molecule has 1 fully saturated rings. The third-order valence-electron chi connectivity index (χ3n) is 4.34. The van der Waals surface area contributed by atoms with Crippen LogP contribution in [0.3, 0.4) is 0 Å². The van der Waals surface area contributed by atoms with Crippen LogP contribution in [0.1, 0.15) is 51.1 Å². The highest BCUT2D eigenvalue weighted by atomic mass is 19.1. The molecule has 118 valence electrons. The van der Waals surface area contributed by atoms with Gasteiger partial charge >= 0.3 is 0 Å². The Hall–Kier alpha value is -1.13. The summed E-state index contributed by atoms with van der Waals surface area (Å²) in [4.78, 5) is 0. The van der Waals surface area contributed by atoms with E-state index in [0.29, 0.717) is 17.9 Å². The lowest BCUT2D eigenvalue weighted by Gasteiger charge is -2.38. The van der Waals surface area contributed by atoms with Crippen LogP contribution in [-0.4, -0.2) is 25.9 Å². The Bertz CT molecular complexity index is 458. The highest BCUT2D eigenvalue weighted by molar-refractivity contribution is 5.35. The quantitative estimate of drug-likeness (QED) is 0.829. The van der Waals surface area contributed by atoms with E-state index in [-0.39, 0.29) is 17.5 Å². The van der Waals surface area contributed by atoms with Crippen molar-refractivity contribution in [1.82, 2.24) is 5.32 Å². The number of likely N-dealkylation sites (N-methyl/N-ethyl adjacent to an activating group) is 1. The summed E-state index contributed by atoms with van der Waals surface area (Å²) >= 11 is 0. The third-order valence-corrected chi connectivity index (χ3v) is 4.34. The minimum atomic E-state index is -0.308. The van der Waals surface area contributed by atoms with Crippen molar-refractivity contribution in [3.8, 4) is 5.75 Å². The standard InChI is InChI=1S/C17H26FNO2/c1-4-19-16(17(21-5-2)11-6-7-12-17)13-9-8-10-14(20-3)15(13)18/h8-10,16,19H,4-7,11-12H2,1-3H3. The molecule has 0 aliphatic heterocycles. The number of ether oxygens (including phenoxy) is 2. The second-order valence-electron chi connectivity index (χ2n) is 5.56. The first kappa shape index (κ1) is 16.2. The molecule has 2 rings (SSSR count). The highest BCUT2D eigenvalue weighted by Gasteiger charge is 2.43. The molecule has 3 nitrogen and oxygen atoms in total. The van der Waals surface area contributed by atoms with Crippen molar-refractivity contribution >= 4 is 0 Å². The molecule has 1 N–H and O–H groups in total. The number of methoxy groups -OCH3 is 1. The first-order valence-corrected chi connectivity index (χ1v) is 7.88. The van der Waals surface area contributed by atoms with Gasteiger partial charge in [-0.15, -0.1) is 0 Å². The van der Waals surface area contributed by atoms with Crippen LogP contribution in [0.2, 0.25) is 0 Å². The molecular formula is C17H26FNO2. The van der Waals surface area contributed by atoms with Crippen molar-refractivity contribution in [1.29, 1.82) is 0 Å². The topological polar surface area (TPSA) is 30.5 Å². The minimum Gasteiger partial charge on any atom is -0.494 e. The number of nitrogens with one attached hydrogen (secondary N) is 1. The number of rotatable bonds is 7. The average Bonchev–Trinajstić information content (AvgIpc) is 2.95. The van der Waals surface area contributed by atoms with Crippen molar-refractivity contribution in [2.24, 2.45) is 0 Å². The van der Waals surface area contributed by atoms with E-state index < -0.39 is 0 Å². The summed E-state index contributed by atoms with van der Waals surface area (Å²) < 4.78 is 25.9. The minimum absolute atomic E-state index is 0.139. The number of hydrogen-bond donors (Lipinski definition) is 1. The van der Waals surface area contributed by atoms with Gasteiger partial charge in [0.2, 0.25) is 0 Å². The molecule has 4 heteroatoms. The van der Waals surface area contributed by atoms with Crippen LogP contribution in [0.5, 0.6) is 5.75 Å².